The highest BCUT2D eigenvalue weighted by Crippen LogP contribution is 2.02. The van der Waals surface area contributed by atoms with Crippen LogP contribution in [0.5, 0.6) is 0 Å². The number of carboxylic acid groups (broad SMARTS) is 1. The van der Waals surface area contributed by atoms with Gasteiger partial charge in [-0.2, -0.15) is 11.8 Å². The first-order valence-corrected chi connectivity index (χ1v) is 7.74. The first-order valence-electron chi connectivity index (χ1n) is 6.59. The lowest BCUT2D eigenvalue weighted by atomic mass is 10.1. The minimum absolute atomic E-state index is 0.135. The number of unbranched alkanes of at least 4 members (excludes halogenated alkanes) is 3. The quantitative estimate of drug-likeness (QED) is 0.380. The molecule has 3 N–H and O–H groups in total. The molecule has 0 aromatic heterocycles. The van der Waals surface area contributed by atoms with Gasteiger partial charge in [-0.05, 0) is 12.8 Å². The Morgan fingerprint density at radius 2 is 1.79 bits per heavy atom. The van der Waals surface area contributed by atoms with E-state index < -0.39 is 5.97 Å². The minimum Gasteiger partial charge on any atom is -0.481 e. The van der Waals surface area contributed by atoms with Crippen LogP contribution in [0.2, 0.25) is 0 Å². The van der Waals surface area contributed by atoms with Gasteiger partial charge >= 0.3 is 12.0 Å². The predicted octanol–water partition coefficient (Wildman–Crippen LogP) is 2.24. The molecule has 0 rings (SSSR count). The second kappa shape index (κ2) is 13.3. The molecule has 5 nitrogen and oxygen atoms in total. The van der Waals surface area contributed by atoms with Crippen molar-refractivity contribution in [2.24, 2.45) is 0 Å². The molecule has 0 aromatic carbocycles. The summed E-state index contributed by atoms with van der Waals surface area (Å²) in [6, 6.07) is -0.135. The van der Waals surface area contributed by atoms with Crippen LogP contribution in [0.3, 0.4) is 0 Å². The zero-order valence-electron chi connectivity index (χ0n) is 11.3. The van der Waals surface area contributed by atoms with Crippen LogP contribution in [0.1, 0.15) is 32.1 Å². The number of urea groups is 1. The van der Waals surface area contributed by atoms with Crippen LogP contribution in [0.4, 0.5) is 4.79 Å². The molecule has 0 aliphatic rings. The molecule has 2 amide bonds. The van der Waals surface area contributed by atoms with Gasteiger partial charge in [-0.25, -0.2) is 4.79 Å². The fraction of sp³-hybridized carbons (Fsp3) is 0.692. The van der Waals surface area contributed by atoms with Crippen molar-refractivity contribution in [1.29, 1.82) is 0 Å². The molecule has 0 aromatic rings. The molecule has 110 valence electrons. The van der Waals surface area contributed by atoms with Gasteiger partial charge in [0, 0.05) is 31.0 Å². The van der Waals surface area contributed by atoms with Crippen molar-refractivity contribution in [3.05, 3.63) is 12.7 Å². The summed E-state index contributed by atoms with van der Waals surface area (Å²) in [5.41, 5.74) is 0. The zero-order valence-corrected chi connectivity index (χ0v) is 12.1. The van der Waals surface area contributed by atoms with Crippen LogP contribution in [-0.2, 0) is 4.79 Å². The molecule has 0 spiro atoms. The number of carbonyl (C=O) groups is 2. The largest absolute Gasteiger partial charge is 0.481 e. The molecule has 19 heavy (non-hydrogen) atoms. The number of hydrogen-bond acceptors (Lipinski definition) is 3. The molecule has 0 saturated carbocycles. The lowest BCUT2D eigenvalue weighted by Crippen LogP contribution is -2.37. The van der Waals surface area contributed by atoms with Gasteiger partial charge < -0.3 is 15.7 Å². The van der Waals surface area contributed by atoms with E-state index in [2.05, 4.69) is 17.2 Å². The summed E-state index contributed by atoms with van der Waals surface area (Å²) in [5.74, 6) is 1.04. The lowest BCUT2D eigenvalue weighted by molar-refractivity contribution is -0.137. The predicted molar refractivity (Wildman–Crippen MR) is 79.6 cm³/mol. The number of carbonyl (C=O) groups excluding carboxylic acids is 1. The maximum atomic E-state index is 11.3. The summed E-state index contributed by atoms with van der Waals surface area (Å²) < 4.78 is 0. The third-order valence-electron chi connectivity index (χ3n) is 2.37. The Kier molecular flexibility index (Phi) is 12.4. The third kappa shape index (κ3) is 14.8. The molecule has 0 bridgehead atoms. The van der Waals surface area contributed by atoms with Crippen molar-refractivity contribution in [1.82, 2.24) is 10.6 Å². The highest BCUT2D eigenvalue weighted by molar-refractivity contribution is 7.99. The molecule has 0 fully saturated rings. The highest BCUT2D eigenvalue weighted by atomic mass is 32.2. The normalized spacial score (nSPS) is 9.89. The number of thioether (sulfide) groups is 1. The minimum atomic E-state index is -0.744. The summed E-state index contributed by atoms with van der Waals surface area (Å²) in [5, 5.41) is 14.0. The molecule has 0 unspecified atom stereocenters. The van der Waals surface area contributed by atoms with Crippen LogP contribution < -0.4 is 10.6 Å². The van der Waals surface area contributed by atoms with E-state index in [9.17, 15) is 9.59 Å². The van der Waals surface area contributed by atoms with Gasteiger partial charge in [0.05, 0.1) is 0 Å². The first-order chi connectivity index (χ1) is 9.16. The number of amides is 2. The number of aliphatic carboxylic acids is 1. The van der Waals surface area contributed by atoms with Crippen LogP contribution in [-0.4, -0.2) is 41.7 Å². The molecule has 6 heteroatoms. The number of rotatable bonds is 12. The Labute approximate surface area is 119 Å². The van der Waals surface area contributed by atoms with Crippen LogP contribution in [0.15, 0.2) is 12.7 Å². The second-order valence-corrected chi connectivity index (χ2v) is 5.25. The summed E-state index contributed by atoms with van der Waals surface area (Å²) in [6.07, 6.45) is 5.52. The number of nitrogens with one attached hydrogen (secondary N) is 2. The van der Waals surface area contributed by atoms with E-state index in [0.29, 0.717) is 19.5 Å². The summed E-state index contributed by atoms with van der Waals surface area (Å²) in [4.78, 5) is 21.6. The lowest BCUT2D eigenvalue weighted by Gasteiger charge is -2.07. The number of carboxylic acids is 1. The first kappa shape index (κ1) is 17.8. The standard InChI is InChI=1S/C13H24N2O3S/c1-2-10-19-11-9-15-13(18)14-8-6-4-3-5-7-12(16)17/h2H,1,3-11H2,(H,16,17)(H2,14,15,18). The molecule has 0 radical (unpaired) electrons. The van der Waals surface area contributed by atoms with Crippen molar-refractivity contribution < 1.29 is 14.7 Å². The van der Waals surface area contributed by atoms with Gasteiger partial charge in [-0.1, -0.05) is 18.9 Å². The van der Waals surface area contributed by atoms with Gasteiger partial charge in [-0.15, -0.1) is 6.58 Å². The van der Waals surface area contributed by atoms with Crippen molar-refractivity contribution in [3.8, 4) is 0 Å². The highest BCUT2D eigenvalue weighted by Gasteiger charge is 1.99. The molecule has 0 aliphatic heterocycles. The van der Waals surface area contributed by atoms with Crippen LogP contribution >= 0.6 is 11.8 Å². The Hall–Kier alpha value is -1.17. The van der Waals surface area contributed by atoms with Gasteiger partial charge in [0.2, 0.25) is 0 Å². The van der Waals surface area contributed by atoms with E-state index in [0.717, 1.165) is 30.8 Å². The van der Waals surface area contributed by atoms with Crippen LogP contribution in [0, 0.1) is 0 Å². The van der Waals surface area contributed by atoms with E-state index >= 15 is 0 Å². The van der Waals surface area contributed by atoms with E-state index in [1.165, 1.54) is 0 Å². The topological polar surface area (TPSA) is 78.4 Å². The Balaban J connectivity index is 3.20. The van der Waals surface area contributed by atoms with Crippen molar-refractivity contribution in [2.75, 3.05) is 24.6 Å². The molecular weight excluding hydrogens is 264 g/mol. The Bertz CT molecular complexity index is 273. The maximum absolute atomic E-state index is 11.3. The smallest absolute Gasteiger partial charge is 0.314 e. The summed E-state index contributed by atoms with van der Waals surface area (Å²) in [7, 11) is 0. The molecular formula is C13H24N2O3S. The SMILES string of the molecule is C=CCSCCNC(=O)NCCCCCCC(=O)O. The zero-order chi connectivity index (χ0) is 14.3. The average molecular weight is 288 g/mol. The monoisotopic (exact) mass is 288 g/mol. The van der Waals surface area contributed by atoms with E-state index in [4.69, 9.17) is 5.11 Å². The van der Waals surface area contributed by atoms with Crippen molar-refractivity contribution in [2.45, 2.75) is 32.1 Å². The van der Waals surface area contributed by atoms with E-state index in [1.807, 2.05) is 6.08 Å². The van der Waals surface area contributed by atoms with Crippen LogP contribution in [0.25, 0.3) is 0 Å². The molecule has 0 heterocycles. The van der Waals surface area contributed by atoms with Crippen molar-refractivity contribution >= 4 is 23.8 Å². The van der Waals surface area contributed by atoms with E-state index in [-0.39, 0.29) is 12.5 Å². The number of hydrogen-bond donors (Lipinski definition) is 3. The molecule has 0 aliphatic carbocycles. The van der Waals surface area contributed by atoms with Gasteiger partial charge in [-0.3, -0.25) is 4.79 Å². The van der Waals surface area contributed by atoms with E-state index in [1.54, 1.807) is 11.8 Å². The molecule has 0 atom stereocenters. The fourth-order valence-corrected chi connectivity index (χ4v) is 2.00. The van der Waals surface area contributed by atoms with Gasteiger partial charge in [0.15, 0.2) is 0 Å². The molecule has 0 saturated heterocycles. The Morgan fingerprint density at radius 3 is 2.47 bits per heavy atom. The van der Waals surface area contributed by atoms with Gasteiger partial charge in [0.1, 0.15) is 0 Å². The maximum Gasteiger partial charge on any atom is 0.314 e. The third-order valence-corrected chi connectivity index (χ3v) is 3.33. The average Bonchev–Trinajstić information content (AvgIpc) is 2.37. The summed E-state index contributed by atoms with van der Waals surface area (Å²) >= 11 is 1.73. The fourth-order valence-electron chi connectivity index (χ4n) is 1.42. The summed E-state index contributed by atoms with van der Waals surface area (Å²) in [6.45, 7) is 4.91. The Morgan fingerprint density at radius 1 is 1.11 bits per heavy atom. The van der Waals surface area contributed by atoms with Crippen molar-refractivity contribution in [3.63, 3.8) is 0 Å². The van der Waals surface area contributed by atoms with Gasteiger partial charge in [0.25, 0.3) is 0 Å². The second-order valence-electron chi connectivity index (χ2n) is 4.10.